The summed E-state index contributed by atoms with van der Waals surface area (Å²) in [6.45, 7) is 6.27. The highest BCUT2D eigenvalue weighted by Crippen LogP contribution is 2.24. The van der Waals surface area contributed by atoms with Crippen LogP contribution in [0.3, 0.4) is 0 Å². The van der Waals surface area contributed by atoms with E-state index in [0.29, 0.717) is 5.16 Å². The Balaban J connectivity index is 2.15. The monoisotopic (exact) mass is 235 g/mol. The van der Waals surface area contributed by atoms with E-state index in [0.717, 1.165) is 10.9 Å². The molecule has 0 bridgehead atoms. The van der Waals surface area contributed by atoms with Gasteiger partial charge in [-0.05, 0) is 17.8 Å². The number of aromatic nitrogens is 5. The smallest absolute Gasteiger partial charge is 0.214 e. The van der Waals surface area contributed by atoms with E-state index in [2.05, 4.69) is 45.9 Å². The molecule has 5 nitrogen and oxygen atoms in total. The fraction of sp³-hybridized carbons (Fsp3) is 0.400. The lowest BCUT2D eigenvalue weighted by molar-refractivity contribution is 0.547. The van der Waals surface area contributed by atoms with E-state index in [9.17, 15) is 0 Å². The van der Waals surface area contributed by atoms with Gasteiger partial charge in [0.2, 0.25) is 5.16 Å². The summed E-state index contributed by atoms with van der Waals surface area (Å²) >= 11 is 1.42. The first-order valence-electron chi connectivity index (χ1n) is 4.92. The second kappa shape index (κ2) is 4.21. The summed E-state index contributed by atoms with van der Waals surface area (Å²) in [4.78, 5) is 12.4. The molecule has 0 saturated heterocycles. The zero-order valence-electron chi connectivity index (χ0n) is 9.43. The predicted octanol–water partition coefficient (Wildman–Crippen LogP) is 2.04. The molecule has 0 aliphatic carbocycles. The van der Waals surface area contributed by atoms with Crippen molar-refractivity contribution in [3.05, 3.63) is 24.4 Å². The summed E-state index contributed by atoms with van der Waals surface area (Å²) in [5.41, 5.74) is -0.0164. The highest BCUT2D eigenvalue weighted by atomic mass is 32.2. The lowest BCUT2D eigenvalue weighted by atomic mass is 9.96. The number of H-pyrrole nitrogens is 1. The molecule has 0 fully saturated rings. The van der Waals surface area contributed by atoms with Crippen molar-refractivity contribution >= 4 is 11.8 Å². The van der Waals surface area contributed by atoms with Crippen molar-refractivity contribution in [1.82, 2.24) is 25.1 Å². The van der Waals surface area contributed by atoms with Gasteiger partial charge in [0.05, 0.1) is 0 Å². The molecule has 0 amide bonds. The van der Waals surface area contributed by atoms with Gasteiger partial charge in [0.1, 0.15) is 17.2 Å². The van der Waals surface area contributed by atoms with Gasteiger partial charge in [0, 0.05) is 11.6 Å². The van der Waals surface area contributed by atoms with Crippen LogP contribution in [0.1, 0.15) is 26.6 Å². The molecule has 0 atom stereocenters. The summed E-state index contributed by atoms with van der Waals surface area (Å²) < 4.78 is 0. The van der Waals surface area contributed by atoms with Crippen LogP contribution in [0.15, 0.2) is 28.8 Å². The highest BCUT2D eigenvalue weighted by molar-refractivity contribution is 7.99. The third-order valence-corrected chi connectivity index (χ3v) is 2.74. The molecule has 0 unspecified atom stereocenters. The molecule has 0 aliphatic rings. The van der Waals surface area contributed by atoms with Gasteiger partial charge in [-0.1, -0.05) is 20.8 Å². The van der Waals surface area contributed by atoms with Gasteiger partial charge in [0.15, 0.2) is 0 Å². The zero-order chi connectivity index (χ0) is 11.6. The molecule has 0 spiro atoms. The summed E-state index contributed by atoms with van der Waals surface area (Å²) in [6, 6.07) is 1.83. The first-order chi connectivity index (χ1) is 7.55. The van der Waals surface area contributed by atoms with Crippen molar-refractivity contribution in [3.63, 3.8) is 0 Å². The lowest BCUT2D eigenvalue weighted by Crippen LogP contribution is -2.13. The number of nitrogens with one attached hydrogen (secondary N) is 1. The van der Waals surface area contributed by atoms with E-state index >= 15 is 0 Å². The van der Waals surface area contributed by atoms with E-state index in [1.807, 2.05) is 6.07 Å². The summed E-state index contributed by atoms with van der Waals surface area (Å²) in [6.07, 6.45) is 3.21. The summed E-state index contributed by atoms with van der Waals surface area (Å²) in [7, 11) is 0. The van der Waals surface area contributed by atoms with Gasteiger partial charge in [-0.25, -0.2) is 15.0 Å². The van der Waals surface area contributed by atoms with Crippen LogP contribution in [0.5, 0.6) is 0 Å². The van der Waals surface area contributed by atoms with Crippen LogP contribution in [0, 0.1) is 0 Å². The van der Waals surface area contributed by atoms with Gasteiger partial charge < -0.3 is 0 Å². The Morgan fingerprint density at radius 2 is 2.12 bits per heavy atom. The Bertz CT molecular complexity index is 460. The maximum atomic E-state index is 4.41. The maximum absolute atomic E-state index is 4.41. The average molecular weight is 235 g/mol. The molecule has 16 heavy (non-hydrogen) atoms. The van der Waals surface area contributed by atoms with Crippen molar-refractivity contribution < 1.29 is 0 Å². The van der Waals surface area contributed by atoms with Crippen LogP contribution in [0.4, 0.5) is 0 Å². The van der Waals surface area contributed by atoms with Gasteiger partial charge in [-0.2, -0.15) is 0 Å². The Morgan fingerprint density at radius 1 is 1.31 bits per heavy atom. The Labute approximate surface area is 98.1 Å². The van der Waals surface area contributed by atoms with Crippen LogP contribution >= 0.6 is 11.8 Å². The molecule has 84 valence electrons. The van der Waals surface area contributed by atoms with Crippen LogP contribution in [0.25, 0.3) is 0 Å². The first kappa shape index (κ1) is 11.1. The maximum Gasteiger partial charge on any atom is 0.214 e. The van der Waals surface area contributed by atoms with Gasteiger partial charge in [-0.3, -0.25) is 5.10 Å². The van der Waals surface area contributed by atoms with Crippen molar-refractivity contribution in [2.45, 2.75) is 36.4 Å². The fourth-order valence-corrected chi connectivity index (χ4v) is 1.70. The summed E-state index contributed by atoms with van der Waals surface area (Å²) in [5.74, 6) is 0.879. The molecule has 0 radical (unpaired) electrons. The molecule has 0 aromatic carbocycles. The molecule has 1 N–H and O–H groups in total. The Kier molecular flexibility index (Phi) is 2.91. The van der Waals surface area contributed by atoms with E-state index in [-0.39, 0.29) is 5.41 Å². The van der Waals surface area contributed by atoms with Gasteiger partial charge in [-0.15, -0.1) is 5.10 Å². The third kappa shape index (κ3) is 2.57. The molecule has 2 aromatic heterocycles. The first-order valence-corrected chi connectivity index (χ1v) is 5.74. The number of aromatic amines is 1. The van der Waals surface area contributed by atoms with E-state index in [4.69, 9.17) is 0 Å². The minimum absolute atomic E-state index is 0.0164. The van der Waals surface area contributed by atoms with Crippen LogP contribution < -0.4 is 0 Å². The van der Waals surface area contributed by atoms with Crippen molar-refractivity contribution in [2.24, 2.45) is 0 Å². The molecular formula is C10H13N5S. The number of hydrogen-bond acceptors (Lipinski definition) is 5. The standard InChI is InChI=1S/C10H13N5S/c1-10(2,3)8-13-9(15-14-8)16-7-4-5-11-6-12-7/h4-6H,1-3H3,(H,13,14,15). The molecule has 0 aliphatic heterocycles. The molecule has 2 aromatic rings. The number of hydrogen-bond donors (Lipinski definition) is 1. The highest BCUT2D eigenvalue weighted by Gasteiger charge is 2.18. The minimum atomic E-state index is -0.0164. The topological polar surface area (TPSA) is 67.3 Å². The van der Waals surface area contributed by atoms with E-state index in [1.54, 1.807) is 6.20 Å². The van der Waals surface area contributed by atoms with Crippen LogP contribution in [-0.4, -0.2) is 25.1 Å². The van der Waals surface area contributed by atoms with Crippen molar-refractivity contribution in [2.75, 3.05) is 0 Å². The summed E-state index contributed by atoms with van der Waals surface area (Å²) in [5, 5.41) is 8.61. The molecular weight excluding hydrogens is 222 g/mol. The van der Waals surface area contributed by atoms with Crippen molar-refractivity contribution in [3.8, 4) is 0 Å². The zero-order valence-corrected chi connectivity index (χ0v) is 10.2. The molecule has 6 heteroatoms. The third-order valence-electron chi connectivity index (χ3n) is 1.93. The lowest BCUT2D eigenvalue weighted by Gasteiger charge is -2.12. The Morgan fingerprint density at radius 3 is 2.69 bits per heavy atom. The van der Waals surface area contributed by atoms with Crippen LogP contribution in [-0.2, 0) is 5.41 Å². The number of nitrogens with zero attached hydrogens (tertiary/aromatic N) is 4. The average Bonchev–Trinajstić information content (AvgIpc) is 2.67. The van der Waals surface area contributed by atoms with E-state index < -0.39 is 0 Å². The number of rotatable bonds is 2. The molecule has 2 heterocycles. The van der Waals surface area contributed by atoms with Gasteiger partial charge in [0.25, 0.3) is 0 Å². The second-order valence-electron chi connectivity index (χ2n) is 4.37. The second-order valence-corrected chi connectivity index (χ2v) is 5.35. The van der Waals surface area contributed by atoms with Gasteiger partial charge >= 0.3 is 0 Å². The van der Waals surface area contributed by atoms with Crippen molar-refractivity contribution in [1.29, 1.82) is 0 Å². The normalized spacial score (nSPS) is 11.7. The minimum Gasteiger partial charge on any atom is -0.262 e. The quantitative estimate of drug-likeness (QED) is 0.807. The molecule has 2 rings (SSSR count). The largest absolute Gasteiger partial charge is 0.262 e. The fourth-order valence-electron chi connectivity index (χ4n) is 1.06. The van der Waals surface area contributed by atoms with E-state index in [1.165, 1.54) is 18.1 Å². The Hall–Kier alpha value is -1.43. The molecule has 0 saturated carbocycles. The van der Waals surface area contributed by atoms with Crippen LogP contribution in [0.2, 0.25) is 0 Å². The predicted molar refractivity (Wildman–Crippen MR) is 61.2 cm³/mol. The SMILES string of the molecule is CC(C)(C)c1nc(Sc2ccncn2)n[nH]1.